The number of fused-ring (bicyclic) bond motifs is 3. The zero-order valence-electron chi connectivity index (χ0n) is 15.2. The number of aromatic hydroxyl groups is 1. The lowest BCUT2D eigenvalue weighted by molar-refractivity contribution is 0.262. The van der Waals surface area contributed by atoms with Crippen LogP contribution in [0.1, 0.15) is 17.3 Å². The highest BCUT2D eigenvalue weighted by atomic mass is 18.2. The lowest BCUT2D eigenvalue weighted by atomic mass is 9.98. The van der Waals surface area contributed by atoms with E-state index < -0.39 is 6.67 Å². The predicted molar refractivity (Wildman–Crippen MR) is 102 cm³/mol. The first kappa shape index (κ1) is 17.3. The molecule has 140 valence electrons. The Bertz CT molecular complexity index is 970. The third-order valence-corrected chi connectivity index (χ3v) is 4.90. The minimum atomic E-state index is -0.608. The van der Waals surface area contributed by atoms with E-state index in [-0.39, 0.29) is 24.1 Å². The molecule has 2 heterocycles. The molecule has 0 fully saturated rings. The summed E-state index contributed by atoms with van der Waals surface area (Å²) in [5.74, 6) is 1.07. The first-order valence-electron chi connectivity index (χ1n) is 8.74. The Labute approximate surface area is 157 Å². The molecule has 0 bridgehead atoms. The number of rotatable bonds is 5. The van der Waals surface area contributed by atoms with Gasteiger partial charge in [0.05, 0.1) is 24.5 Å². The van der Waals surface area contributed by atoms with Crippen LogP contribution in [0.5, 0.6) is 17.2 Å². The lowest BCUT2D eigenvalue weighted by Gasteiger charge is -2.37. The van der Waals surface area contributed by atoms with Crippen LogP contribution in [0, 0.1) is 0 Å². The van der Waals surface area contributed by atoms with Crippen LogP contribution >= 0.6 is 0 Å². The van der Waals surface area contributed by atoms with Gasteiger partial charge in [-0.1, -0.05) is 6.07 Å². The highest BCUT2D eigenvalue weighted by Crippen LogP contribution is 2.43. The van der Waals surface area contributed by atoms with E-state index in [0.717, 1.165) is 28.4 Å². The van der Waals surface area contributed by atoms with Gasteiger partial charge in [-0.05, 0) is 42.0 Å². The molecule has 0 amide bonds. The molecule has 0 radical (unpaired) electrons. The summed E-state index contributed by atoms with van der Waals surface area (Å²) in [6.45, 7) is -0.697. The average molecular weight is 367 g/mol. The molecule has 3 aromatic rings. The number of nitrogens with zero attached hydrogens (tertiary/aromatic N) is 2. The summed E-state index contributed by atoms with van der Waals surface area (Å²) < 4.78 is 25.4. The molecule has 1 unspecified atom stereocenters. The molecule has 0 saturated carbocycles. The Balaban J connectivity index is 1.82. The molecule has 4 rings (SSSR count). The molecule has 6 heteroatoms. The number of phenols is 1. The van der Waals surface area contributed by atoms with E-state index in [4.69, 9.17) is 9.47 Å². The third kappa shape index (κ3) is 2.87. The molecule has 1 N–H and O–H groups in total. The van der Waals surface area contributed by atoms with Crippen LogP contribution in [0.2, 0.25) is 0 Å². The molecule has 0 saturated heterocycles. The van der Waals surface area contributed by atoms with Crippen LogP contribution in [0.15, 0.2) is 54.7 Å². The van der Waals surface area contributed by atoms with E-state index in [9.17, 15) is 9.50 Å². The Morgan fingerprint density at radius 3 is 2.74 bits per heavy atom. The second-order valence-corrected chi connectivity index (χ2v) is 6.44. The number of phenolic OH excluding ortho intramolecular Hbond substituents is 1. The number of ether oxygens (including phenoxy) is 2. The number of halogens is 1. The molecule has 1 aromatic heterocycles. The lowest BCUT2D eigenvalue weighted by Crippen LogP contribution is -2.31. The first-order valence-corrected chi connectivity index (χ1v) is 8.74. The fourth-order valence-electron chi connectivity index (χ4n) is 3.65. The SMILES string of the molecule is COc1ccc2c(c1)N(C)C(c1ccc(O)c(OCC[18F])c1)c1cccn1-2. The standard InChI is InChI=1S/C21H21FN2O3/c1-23-18-13-15(26-2)6-7-16(18)24-10-3-4-17(24)21(23)14-5-8-19(25)20(12-14)27-11-9-22/h3-8,10,12-13,21,25H,9,11H2,1-2H3/i22-1. The summed E-state index contributed by atoms with van der Waals surface area (Å²) in [6, 6.07) is 15.2. The van der Waals surface area contributed by atoms with Crippen LogP contribution in [-0.4, -0.2) is 37.1 Å². The van der Waals surface area contributed by atoms with Crippen LogP contribution in [0.3, 0.4) is 0 Å². The largest absolute Gasteiger partial charge is 0.504 e. The molecular weight excluding hydrogens is 346 g/mol. The predicted octanol–water partition coefficient (Wildman–Crippen LogP) is 4.08. The van der Waals surface area contributed by atoms with E-state index in [0.29, 0.717) is 0 Å². The van der Waals surface area contributed by atoms with E-state index in [2.05, 4.69) is 15.5 Å². The number of aromatic nitrogens is 1. The molecule has 5 nitrogen and oxygen atoms in total. The fraction of sp³-hybridized carbons (Fsp3) is 0.238. The molecule has 0 spiro atoms. The van der Waals surface area contributed by atoms with Crippen molar-refractivity contribution in [2.45, 2.75) is 6.04 Å². The second-order valence-electron chi connectivity index (χ2n) is 6.44. The van der Waals surface area contributed by atoms with E-state index in [1.807, 2.05) is 43.6 Å². The Kier molecular flexibility index (Phi) is 4.39. The van der Waals surface area contributed by atoms with Crippen molar-refractivity contribution in [2.75, 3.05) is 32.3 Å². The maximum Gasteiger partial charge on any atom is 0.161 e. The van der Waals surface area contributed by atoms with E-state index in [1.165, 1.54) is 0 Å². The number of alkyl halides is 1. The monoisotopic (exact) mass is 367 g/mol. The van der Waals surface area contributed by atoms with Crippen LogP contribution in [-0.2, 0) is 0 Å². The van der Waals surface area contributed by atoms with Crippen molar-refractivity contribution in [2.24, 2.45) is 0 Å². The molecule has 1 aliphatic heterocycles. The van der Waals surface area contributed by atoms with Gasteiger partial charge in [-0.25, -0.2) is 4.39 Å². The zero-order valence-corrected chi connectivity index (χ0v) is 15.2. The highest BCUT2D eigenvalue weighted by Gasteiger charge is 2.30. The fourth-order valence-corrected chi connectivity index (χ4v) is 3.65. The summed E-state index contributed by atoms with van der Waals surface area (Å²) in [4.78, 5) is 2.17. The molecule has 27 heavy (non-hydrogen) atoms. The number of hydrogen-bond acceptors (Lipinski definition) is 4. The van der Waals surface area contributed by atoms with Crippen molar-refractivity contribution in [1.29, 1.82) is 0 Å². The van der Waals surface area contributed by atoms with E-state index >= 15 is 0 Å². The van der Waals surface area contributed by atoms with Gasteiger partial charge in [0.2, 0.25) is 0 Å². The van der Waals surface area contributed by atoms with Crippen LogP contribution < -0.4 is 14.4 Å². The van der Waals surface area contributed by atoms with E-state index in [1.54, 1.807) is 19.2 Å². The van der Waals surface area contributed by atoms with Gasteiger partial charge < -0.3 is 24.0 Å². The second kappa shape index (κ2) is 6.87. The quantitative estimate of drug-likeness (QED) is 0.738. The molecular formula is C21H21FN2O3. The summed E-state index contributed by atoms with van der Waals surface area (Å²) in [6.07, 6.45) is 2.03. The van der Waals surface area contributed by atoms with Crippen molar-refractivity contribution in [1.82, 2.24) is 4.57 Å². The van der Waals surface area contributed by atoms with Crippen molar-refractivity contribution < 1.29 is 19.0 Å². The minimum absolute atomic E-state index is 0.00288. The van der Waals surface area contributed by atoms with Gasteiger partial charge >= 0.3 is 0 Å². The molecule has 0 aliphatic carbocycles. The Hall–Kier alpha value is -3.15. The number of methoxy groups -OCH3 is 1. The van der Waals surface area contributed by atoms with Gasteiger partial charge in [0.15, 0.2) is 11.5 Å². The number of hydrogen-bond donors (Lipinski definition) is 1. The number of anilines is 1. The van der Waals surface area contributed by atoms with Crippen molar-refractivity contribution in [3.63, 3.8) is 0 Å². The molecule has 1 aliphatic rings. The van der Waals surface area contributed by atoms with Gasteiger partial charge in [0.1, 0.15) is 19.0 Å². The third-order valence-electron chi connectivity index (χ3n) is 4.90. The first-order chi connectivity index (χ1) is 13.1. The Morgan fingerprint density at radius 2 is 1.96 bits per heavy atom. The van der Waals surface area contributed by atoms with Gasteiger partial charge in [0, 0.05) is 25.0 Å². The normalized spacial score (nSPS) is 15.2. The van der Waals surface area contributed by atoms with Gasteiger partial charge in [-0.15, -0.1) is 0 Å². The van der Waals surface area contributed by atoms with Crippen molar-refractivity contribution >= 4 is 5.69 Å². The summed E-state index contributed by atoms with van der Waals surface area (Å²) >= 11 is 0. The van der Waals surface area contributed by atoms with Crippen molar-refractivity contribution in [3.05, 3.63) is 66.0 Å². The molecule has 2 aromatic carbocycles. The molecule has 1 atom stereocenters. The number of benzene rings is 2. The Morgan fingerprint density at radius 1 is 1.11 bits per heavy atom. The van der Waals surface area contributed by atoms with Crippen molar-refractivity contribution in [3.8, 4) is 22.9 Å². The summed E-state index contributed by atoms with van der Waals surface area (Å²) in [7, 11) is 3.67. The summed E-state index contributed by atoms with van der Waals surface area (Å²) in [5.41, 5.74) is 4.14. The topological polar surface area (TPSA) is 46.9 Å². The summed E-state index contributed by atoms with van der Waals surface area (Å²) in [5, 5.41) is 10.0. The van der Waals surface area contributed by atoms with Gasteiger partial charge in [0.25, 0.3) is 0 Å². The maximum absolute atomic E-state index is 12.5. The van der Waals surface area contributed by atoms with Gasteiger partial charge in [-0.2, -0.15) is 0 Å². The van der Waals surface area contributed by atoms with Crippen LogP contribution in [0.25, 0.3) is 5.69 Å². The average Bonchev–Trinajstić information content (AvgIpc) is 3.17. The zero-order chi connectivity index (χ0) is 19.0. The maximum atomic E-state index is 12.5. The van der Waals surface area contributed by atoms with Gasteiger partial charge in [-0.3, -0.25) is 0 Å². The minimum Gasteiger partial charge on any atom is -0.504 e. The van der Waals surface area contributed by atoms with Crippen LogP contribution in [0.4, 0.5) is 10.1 Å². The highest BCUT2D eigenvalue weighted by molar-refractivity contribution is 5.70. The smallest absolute Gasteiger partial charge is 0.161 e.